The SMILES string of the molecule is Cc1cc(-n2c(C)cc(C(=O)Nc3cc(Cl)ccc3C)c2C)no1. The van der Waals surface area contributed by atoms with Crippen molar-refractivity contribution in [2.24, 2.45) is 0 Å². The highest BCUT2D eigenvalue weighted by Crippen LogP contribution is 2.24. The first-order valence-corrected chi connectivity index (χ1v) is 7.94. The van der Waals surface area contributed by atoms with Gasteiger partial charge in [-0.3, -0.25) is 9.36 Å². The molecule has 2 heterocycles. The highest BCUT2D eigenvalue weighted by atomic mass is 35.5. The van der Waals surface area contributed by atoms with Gasteiger partial charge in [0, 0.05) is 28.2 Å². The van der Waals surface area contributed by atoms with Crippen molar-refractivity contribution in [2.75, 3.05) is 5.32 Å². The Morgan fingerprint density at radius 3 is 2.58 bits per heavy atom. The van der Waals surface area contributed by atoms with Gasteiger partial charge in [0.1, 0.15) is 5.76 Å². The van der Waals surface area contributed by atoms with Gasteiger partial charge in [0.25, 0.3) is 5.91 Å². The molecule has 0 atom stereocenters. The van der Waals surface area contributed by atoms with Crippen LogP contribution < -0.4 is 5.32 Å². The zero-order chi connectivity index (χ0) is 17.4. The average Bonchev–Trinajstić information content (AvgIpc) is 3.06. The van der Waals surface area contributed by atoms with E-state index in [-0.39, 0.29) is 5.91 Å². The van der Waals surface area contributed by atoms with Gasteiger partial charge in [0.05, 0.1) is 5.56 Å². The minimum atomic E-state index is -0.181. The summed E-state index contributed by atoms with van der Waals surface area (Å²) >= 11 is 6.02. The largest absolute Gasteiger partial charge is 0.360 e. The van der Waals surface area contributed by atoms with Gasteiger partial charge in [0.2, 0.25) is 0 Å². The first kappa shape index (κ1) is 16.3. The van der Waals surface area contributed by atoms with Crippen molar-refractivity contribution < 1.29 is 9.32 Å². The van der Waals surface area contributed by atoms with E-state index in [1.165, 1.54) is 0 Å². The van der Waals surface area contributed by atoms with Gasteiger partial charge < -0.3 is 9.84 Å². The molecule has 0 saturated heterocycles. The predicted octanol–water partition coefficient (Wildman–Crippen LogP) is 4.60. The molecule has 0 aliphatic heterocycles. The van der Waals surface area contributed by atoms with Gasteiger partial charge >= 0.3 is 0 Å². The lowest BCUT2D eigenvalue weighted by Crippen LogP contribution is -2.14. The number of halogens is 1. The summed E-state index contributed by atoms with van der Waals surface area (Å²) in [7, 11) is 0. The lowest BCUT2D eigenvalue weighted by molar-refractivity contribution is 0.102. The predicted molar refractivity (Wildman–Crippen MR) is 94.2 cm³/mol. The van der Waals surface area contributed by atoms with Crippen LogP contribution in [-0.2, 0) is 0 Å². The number of amides is 1. The Morgan fingerprint density at radius 1 is 1.17 bits per heavy atom. The third kappa shape index (κ3) is 2.95. The number of benzene rings is 1. The fourth-order valence-electron chi connectivity index (χ4n) is 2.72. The van der Waals surface area contributed by atoms with Crippen LogP contribution in [0.3, 0.4) is 0 Å². The van der Waals surface area contributed by atoms with Gasteiger partial charge in [-0.25, -0.2) is 0 Å². The van der Waals surface area contributed by atoms with Crippen molar-refractivity contribution in [1.29, 1.82) is 0 Å². The molecule has 5 nitrogen and oxygen atoms in total. The van der Waals surface area contributed by atoms with Gasteiger partial charge in [-0.15, -0.1) is 0 Å². The summed E-state index contributed by atoms with van der Waals surface area (Å²) in [6.07, 6.45) is 0. The topological polar surface area (TPSA) is 60.1 Å². The average molecular weight is 344 g/mol. The maximum absolute atomic E-state index is 12.7. The summed E-state index contributed by atoms with van der Waals surface area (Å²) in [5.41, 5.74) is 3.96. The highest BCUT2D eigenvalue weighted by molar-refractivity contribution is 6.31. The molecule has 6 heteroatoms. The lowest BCUT2D eigenvalue weighted by Gasteiger charge is -2.09. The van der Waals surface area contributed by atoms with E-state index in [1.807, 2.05) is 50.5 Å². The molecule has 0 unspecified atom stereocenters. The molecule has 0 bridgehead atoms. The smallest absolute Gasteiger partial charge is 0.257 e. The third-order valence-electron chi connectivity index (χ3n) is 3.97. The summed E-state index contributed by atoms with van der Waals surface area (Å²) < 4.78 is 7.04. The third-order valence-corrected chi connectivity index (χ3v) is 4.20. The van der Waals surface area contributed by atoms with E-state index >= 15 is 0 Å². The molecular weight excluding hydrogens is 326 g/mol. The molecule has 0 aliphatic rings. The summed E-state index contributed by atoms with van der Waals surface area (Å²) in [6.45, 7) is 7.57. The van der Waals surface area contributed by atoms with E-state index in [0.717, 1.165) is 22.7 Å². The number of aryl methyl sites for hydroxylation is 3. The summed E-state index contributed by atoms with van der Waals surface area (Å²) in [5, 5.41) is 7.54. The van der Waals surface area contributed by atoms with Crippen LogP contribution in [0.5, 0.6) is 0 Å². The molecule has 0 radical (unpaired) electrons. The fourth-order valence-corrected chi connectivity index (χ4v) is 2.89. The molecule has 3 rings (SSSR count). The molecule has 0 spiro atoms. The van der Waals surface area contributed by atoms with Crippen molar-refractivity contribution in [1.82, 2.24) is 9.72 Å². The Balaban J connectivity index is 1.95. The van der Waals surface area contributed by atoms with Crippen LogP contribution in [0.2, 0.25) is 5.02 Å². The summed E-state index contributed by atoms with van der Waals surface area (Å²) in [6, 6.07) is 9.09. The summed E-state index contributed by atoms with van der Waals surface area (Å²) in [4.78, 5) is 12.7. The first-order valence-electron chi connectivity index (χ1n) is 7.57. The lowest BCUT2D eigenvalue weighted by atomic mass is 10.1. The summed E-state index contributed by atoms with van der Waals surface area (Å²) in [5.74, 6) is 1.21. The Bertz CT molecular complexity index is 924. The number of aromatic nitrogens is 2. The van der Waals surface area contributed by atoms with E-state index < -0.39 is 0 Å². The number of rotatable bonds is 3. The van der Waals surface area contributed by atoms with E-state index in [9.17, 15) is 4.79 Å². The zero-order valence-corrected chi connectivity index (χ0v) is 14.7. The first-order chi connectivity index (χ1) is 11.4. The number of anilines is 1. The van der Waals surface area contributed by atoms with Gasteiger partial charge in [-0.2, -0.15) is 0 Å². The van der Waals surface area contributed by atoms with Crippen molar-refractivity contribution >= 4 is 23.2 Å². The number of hydrogen-bond acceptors (Lipinski definition) is 3. The van der Waals surface area contributed by atoms with Crippen LogP contribution in [0.4, 0.5) is 5.69 Å². The van der Waals surface area contributed by atoms with E-state index in [2.05, 4.69) is 10.5 Å². The number of carbonyl (C=O) groups is 1. The van der Waals surface area contributed by atoms with E-state index in [0.29, 0.717) is 22.1 Å². The second-order valence-electron chi connectivity index (χ2n) is 5.83. The van der Waals surface area contributed by atoms with Crippen LogP contribution in [-0.4, -0.2) is 15.6 Å². The molecule has 0 aliphatic carbocycles. The Hall–Kier alpha value is -2.53. The maximum Gasteiger partial charge on any atom is 0.257 e. The van der Waals surface area contributed by atoms with Gasteiger partial charge in [-0.1, -0.05) is 22.8 Å². The second-order valence-corrected chi connectivity index (χ2v) is 6.27. The van der Waals surface area contributed by atoms with Gasteiger partial charge in [0.15, 0.2) is 5.82 Å². The zero-order valence-electron chi connectivity index (χ0n) is 14.0. The molecule has 124 valence electrons. The van der Waals surface area contributed by atoms with Crippen molar-refractivity contribution in [3.8, 4) is 5.82 Å². The molecule has 0 fully saturated rings. The molecule has 0 saturated carbocycles. The fraction of sp³-hybridized carbons (Fsp3) is 0.222. The van der Waals surface area contributed by atoms with Crippen molar-refractivity contribution in [2.45, 2.75) is 27.7 Å². The number of nitrogens with one attached hydrogen (secondary N) is 1. The number of hydrogen-bond donors (Lipinski definition) is 1. The maximum atomic E-state index is 12.7. The molecule has 2 aromatic heterocycles. The van der Waals surface area contributed by atoms with Crippen LogP contribution in [0.15, 0.2) is 34.9 Å². The van der Waals surface area contributed by atoms with Crippen molar-refractivity contribution in [3.63, 3.8) is 0 Å². The molecule has 3 aromatic rings. The van der Waals surface area contributed by atoms with Crippen LogP contribution >= 0.6 is 11.6 Å². The van der Waals surface area contributed by atoms with Crippen LogP contribution in [0.1, 0.15) is 33.1 Å². The molecule has 1 aromatic carbocycles. The van der Waals surface area contributed by atoms with Crippen molar-refractivity contribution in [3.05, 3.63) is 63.6 Å². The van der Waals surface area contributed by atoms with Crippen LogP contribution in [0, 0.1) is 27.7 Å². The Labute approximate surface area is 145 Å². The molecular formula is C18H18ClN3O2. The molecule has 24 heavy (non-hydrogen) atoms. The normalized spacial score (nSPS) is 10.9. The Kier molecular flexibility index (Phi) is 4.20. The van der Waals surface area contributed by atoms with Gasteiger partial charge in [-0.05, 0) is 51.5 Å². The molecule has 1 amide bonds. The number of carbonyl (C=O) groups excluding carboxylic acids is 1. The van der Waals surface area contributed by atoms with E-state index in [1.54, 1.807) is 12.1 Å². The molecule has 1 N–H and O–H groups in total. The minimum Gasteiger partial charge on any atom is -0.360 e. The Morgan fingerprint density at radius 2 is 1.92 bits per heavy atom. The van der Waals surface area contributed by atoms with E-state index in [4.69, 9.17) is 16.1 Å². The monoisotopic (exact) mass is 343 g/mol. The highest BCUT2D eigenvalue weighted by Gasteiger charge is 2.19. The van der Waals surface area contributed by atoms with Crippen LogP contribution in [0.25, 0.3) is 5.82 Å². The second kappa shape index (κ2) is 6.17. The minimum absolute atomic E-state index is 0.181. The quantitative estimate of drug-likeness (QED) is 0.755. The number of nitrogens with zero attached hydrogens (tertiary/aromatic N) is 2. The standard InChI is InChI=1S/C18H18ClN3O2/c1-10-5-6-14(19)9-16(10)20-18(23)15-7-11(2)22(13(15)4)17-8-12(3)24-21-17/h5-9H,1-4H3,(H,20,23).